The first kappa shape index (κ1) is 6.39. The highest BCUT2D eigenvalue weighted by molar-refractivity contribution is 5.78. The minimum absolute atomic E-state index is 0.456. The SMILES string of the molecule is CC(C)[C@@H]1CNC(=N)N1. The van der Waals surface area contributed by atoms with Crippen molar-refractivity contribution < 1.29 is 0 Å². The molecular weight excluding hydrogens is 114 g/mol. The summed E-state index contributed by atoms with van der Waals surface area (Å²) >= 11 is 0. The monoisotopic (exact) mass is 127 g/mol. The van der Waals surface area contributed by atoms with Crippen LogP contribution in [-0.2, 0) is 0 Å². The van der Waals surface area contributed by atoms with Gasteiger partial charge in [-0.05, 0) is 5.92 Å². The summed E-state index contributed by atoms with van der Waals surface area (Å²) in [4.78, 5) is 0. The Bertz CT molecular complexity index is 119. The van der Waals surface area contributed by atoms with Crippen LogP contribution in [0.2, 0.25) is 0 Å². The largest absolute Gasteiger partial charge is 0.355 e. The van der Waals surface area contributed by atoms with Gasteiger partial charge < -0.3 is 10.6 Å². The van der Waals surface area contributed by atoms with E-state index in [2.05, 4.69) is 24.5 Å². The van der Waals surface area contributed by atoms with Gasteiger partial charge in [-0.2, -0.15) is 0 Å². The topological polar surface area (TPSA) is 47.9 Å². The van der Waals surface area contributed by atoms with E-state index in [0.717, 1.165) is 6.54 Å². The van der Waals surface area contributed by atoms with Crippen LogP contribution in [0.15, 0.2) is 0 Å². The van der Waals surface area contributed by atoms with Crippen LogP contribution in [0.25, 0.3) is 0 Å². The van der Waals surface area contributed by atoms with E-state index in [0.29, 0.717) is 17.9 Å². The average Bonchev–Trinajstić information content (AvgIpc) is 2.14. The van der Waals surface area contributed by atoms with E-state index in [1.807, 2.05) is 0 Å². The lowest BCUT2D eigenvalue weighted by atomic mass is 10.1. The summed E-state index contributed by atoms with van der Waals surface area (Å²) in [5, 5.41) is 13.1. The smallest absolute Gasteiger partial charge is 0.188 e. The molecule has 3 heteroatoms. The molecule has 0 bridgehead atoms. The van der Waals surface area contributed by atoms with Crippen molar-refractivity contribution in [2.75, 3.05) is 6.54 Å². The predicted molar refractivity (Wildman–Crippen MR) is 37.5 cm³/mol. The van der Waals surface area contributed by atoms with Crippen LogP contribution in [-0.4, -0.2) is 18.5 Å². The molecule has 3 N–H and O–H groups in total. The molecule has 0 amide bonds. The molecule has 1 aliphatic heterocycles. The molecule has 0 unspecified atom stereocenters. The summed E-state index contributed by atoms with van der Waals surface area (Å²) in [6.07, 6.45) is 0. The molecule has 1 fully saturated rings. The highest BCUT2D eigenvalue weighted by Crippen LogP contribution is 2.02. The summed E-state index contributed by atoms with van der Waals surface area (Å²) in [7, 11) is 0. The molecule has 0 aromatic heterocycles. The second kappa shape index (κ2) is 2.25. The Balaban J connectivity index is 2.39. The molecule has 1 atom stereocenters. The molecule has 3 nitrogen and oxygen atoms in total. The first-order valence-electron chi connectivity index (χ1n) is 3.29. The van der Waals surface area contributed by atoms with Gasteiger partial charge in [-0.3, -0.25) is 5.41 Å². The first-order valence-corrected chi connectivity index (χ1v) is 3.29. The zero-order valence-corrected chi connectivity index (χ0v) is 5.86. The fourth-order valence-electron chi connectivity index (χ4n) is 0.902. The molecule has 0 aromatic carbocycles. The summed E-state index contributed by atoms with van der Waals surface area (Å²) in [5.74, 6) is 1.08. The van der Waals surface area contributed by atoms with Gasteiger partial charge in [0, 0.05) is 12.6 Å². The first-order chi connectivity index (χ1) is 4.20. The van der Waals surface area contributed by atoms with Crippen molar-refractivity contribution in [1.29, 1.82) is 5.41 Å². The Labute approximate surface area is 55.3 Å². The molecule has 1 aliphatic rings. The van der Waals surface area contributed by atoms with Crippen LogP contribution in [0.3, 0.4) is 0 Å². The number of guanidine groups is 1. The quantitative estimate of drug-likeness (QED) is 0.469. The van der Waals surface area contributed by atoms with Crippen LogP contribution in [0.4, 0.5) is 0 Å². The van der Waals surface area contributed by atoms with Gasteiger partial charge in [0.15, 0.2) is 5.96 Å². The van der Waals surface area contributed by atoms with E-state index < -0.39 is 0 Å². The zero-order chi connectivity index (χ0) is 6.85. The molecule has 0 spiro atoms. The molecule has 0 aliphatic carbocycles. The minimum Gasteiger partial charge on any atom is -0.355 e. The van der Waals surface area contributed by atoms with Crippen LogP contribution in [0, 0.1) is 11.3 Å². The van der Waals surface area contributed by atoms with Crippen molar-refractivity contribution in [2.45, 2.75) is 19.9 Å². The summed E-state index contributed by atoms with van der Waals surface area (Å²) in [6.45, 7) is 5.20. The van der Waals surface area contributed by atoms with E-state index >= 15 is 0 Å². The maximum absolute atomic E-state index is 7.15. The molecule has 9 heavy (non-hydrogen) atoms. The Morgan fingerprint density at radius 3 is 2.56 bits per heavy atom. The molecule has 0 saturated carbocycles. The molecule has 1 saturated heterocycles. The lowest BCUT2D eigenvalue weighted by Crippen LogP contribution is -2.31. The number of hydrogen-bond donors (Lipinski definition) is 3. The Hall–Kier alpha value is -0.730. The third-order valence-electron chi connectivity index (χ3n) is 1.63. The van der Waals surface area contributed by atoms with Gasteiger partial charge in [-0.25, -0.2) is 0 Å². The van der Waals surface area contributed by atoms with E-state index in [9.17, 15) is 0 Å². The van der Waals surface area contributed by atoms with Crippen molar-refractivity contribution in [3.63, 3.8) is 0 Å². The van der Waals surface area contributed by atoms with Gasteiger partial charge in [0.1, 0.15) is 0 Å². The third kappa shape index (κ3) is 1.34. The van der Waals surface area contributed by atoms with Crippen LogP contribution in [0.5, 0.6) is 0 Å². The Kier molecular flexibility index (Phi) is 1.60. The lowest BCUT2D eigenvalue weighted by Gasteiger charge is -2.11. The van der Waals surface area contributed by atoms with Crippen LogP contribution >= 0.6 is 0 Å². The molecule has 1 rings (SSSR count). The lowest BCUT2D eigenvalue weighted by molar-refractivity contribution is 0.483. The number of rotatable bonds is 1. The molecule has 0 radical (unpaired) electrons. The summed E-state index contributed by atoms with van der Waals surface area (Å²) in [5.41, 5.74) is 0. The van der Waals surface area contributed by atoms with Crippen LogP contribution in [0.1, 0.15) is 13.8 Å². The van der Waals surface area contributed by atoms with Crippen molar-refractivity contribution in [3.05, 3.63) is 0 Å². The fourth-order valence-corrected chi connectivity index (χ4v) is 0.902. The second-order valence-corrected chi connectivity index (χ2v) is 2.75. The highest BCUT2D eigenvalue weighted by Gasteiger charge is 2.19. The normalized spacial score (nSPS) is 26.1. The van der Waals surface area contributed by atoms with Gasteiger partial charge >= 0.3 is 0 Å². The molecular formula is C6H13N3. The Morgan fingerprint density at radius 2 is 2.33 bits per heavy atom. The standard InChI is InChI=1S/C6H13N3/c1-4(2)5-3-8-6(7)9-5/h4-5H,3H2,1-2H3,(H3,7,8,9)/t5-/m0/s1. The van der Waals surface area contributed by atoms with E-state index in [1.165, 1.54) is 0 Å². The third-order valence-corrected chi connectivity index (χ3v) is 1.63. The molecule has 52 valence electrons. The zero-order valence-electron chi connectivity index (χ0n) is 5.86. The predicted octanol–water partition coefficient (Wildman–Crippen LogP) is 0.139. The molecule has 1 heterocycles. The van der Waals surface area contributed by atoms with Crippen molar-refractivity contribution >= 4 is 5.96 Å². The van der Waals surface area contributed by atoms with Crippen molar-refractivity contribution in [1.82, 2.24) is 10.6 Å². The van der Waals surface area contributed by atoms with E-state index in [-0.39, 0.29) is 0 Å². The average molecular weight is 127 g/mol. The van der Waals surface area contributed by atoms with Gasteiger partial charge in [0.25, 0.3) is 0 Å². The Morgan fingerprint density at radius 1 is 1.67 bits per heavy atom. The maximum Gasteiger partial charge on any atom is 0.188 e. The van der Waals surface area contributed by atoms with Gasteiger partial charge in [-0.1, -0.05) is 13.8 Å². The number of hydrogen-bond acceptors (Lipinski definition) is 1. The van der Waals surface area contributed by atoms with E-state index in [4.69, 9.17) is 5.41 Å². The summed E-state index contributed by atoms with van der Waals surface area (Å²) < 4.78 is 0. The van der Waals surface area contributed by atoms with Crippen LogP contribution < -0.4 is 10.6 Å². The summed E-state index contributed by atoms with van der Waals surface area (Å²) in [6, 6.07) is 0.456. The van der Waals surface area contributed by atoms with E-state index in [1.54, 1.807) is 0 Å². The van der Waals surface area contributed by atoms with Gasteiger partial charge in [-0.15, -0.1) is 0 Å². The van der Waals surface area contributed by atoms with Gasteiger partial charge in [0.2, 0.25) is 0 Å². The number of nitrogens with one attached hydrogen (secondary N) is 3. The fraction of sp³-hybridized carbons (Fsp3) is 0.833. The highest BCUT2D eigenvalue weighted by atomic mass is 15.2. The van der Waals surface area contributed by atoms with Crippen molar-refractivity contribution in [3.8, 4) is 0 Å². The minimum atomic E-state index is 0.456. The van der Waals surface area contributed by atoms with Crippen molar-refractivity contribution in [2.24, 2.45) is 5.92 Å². The molecule has 0 aromatic rings. The van der Waals surface area contributed by atoms with Gasteiger partial charge in [0.05, 0.1) is 0 Å². The maximum atomic E-state index is 7.15. The second-order valence-electron chi connectivity index (χ2n) is 2.75.